The Morgan fingerprint density at radius 1 is 1.30 bits per heavy atom. The second-order valence-corrected chi connectivity index (χ2v) is 8.60. The van der Waals surface area contributed by atoms with Crippen LogP contribution in [0.4, 0.5) is 10.5 Å². The summed E-state index contributed by atoms with van der Waals surface area (Å²) in [5, 5.41) is 8.06. The molecular formula is C21H25N3O2S. The van der Waals surface area contributed by atoms with E-state index in [1.807, 2.05) is 40.6 Å². The van der Waals surface area contributed by atoms with Crippen molar-refractivity contribution in [3.05, 3.63) is 52.2 Å². The van der Waals surface area contributed by atoms with Crippen LogP contribution in [0.2, 0.25) is 0 Å². The molecule has 1 aliphatic carbocycles. The molecule has 1 saturated carbocycles. The molecule has 3 amide bonds. The second kappa shape index (κ2) is 7.35. The number of thiophene rings is 1. The van der Waals surface area contributed by atoms with Gasteiger partial charge in [0.15, 0.2) is 0 Å². The van der Waals surface area contributed by atoms with Gasteiger partial charge in [0.2, 0.25) is 5.91 Å². The summed E-state index contributed by atoms with van der Waals surface area (Å²) in [5.74, 6) is 0.167. The number of hydrogen-bond acceptors (Lipinski definition) is 3. The normalized spacial score (nSPS) is 23.4. The Hall–Kier alpha value is -2.34. The van der Waals surface area contributed by atoms with E-state index in [1.165, 1.54) is 10.4 Å². The smallest absolute Gasteiger partial charge is 0.321 e. The van der Waals surface area contributed by atoms with E-state index in [4.69, 9.17) is 0 Å². The Morgan fingerprint density at radius 3 is 2.96 bits per heavy atom. The van der Waals surface area contributed by atoms with Crippen molar-refractivity contribution in [1.29, 1.82) is 0 Å². The lowest BCUT2D eigenvalue weighted by Gasteiger charge is -2.18. The van der Waals surface area contributed by atoms with Crippen molar-refractivity contribution < 1.29 is 9.59 Å². The molecule has 27 heavy (non-hydrogen) atoms. The van der Waals surface area contributed by atoms with Crippen LogP contribution in [-0.4, -0.2) is 29.9 Å². The highest BCUT2D eigenvalue weighted by Crippen LogP contribution is 2.58. The third kappa shape index (κ3) is 3.86. The standard InChI is InChI=1S/C21H25N3O2S/c1-2-15-5-3-6-16(11-15)23-20(26)24-9-8-21(14-24)12-18(21)19(25)22-13-17-7-4-10-27-17/h3-7,10-11,18H,2,8-9,12-14H2,1H3,(H,22,25)(H,23,26). The lowest BCUT2D eigenvalue weighted by atomic mass is 10.0. The van der Waals surface area contributed by atoms with Gasteiger partial charge in [0, 0.05) is 35.0 Å². The summed E-state index contributed by atoms with van der Waals surface area (Å²) in [7, 11) is 0. The molecule has 2 aliphatic rings. The van der Waals surface area contributed by atoms with E-state index in [0.29, 0.717) is 19.6 Å². The fourth-order valence-corrected chi connectivity index (χ4v) is 4.67. The molecule has 2 fully saturated rings. The number of carbonyl (C=O) groups excluding carboxylic acids is 2. The summed E-state index contributed by atoms with van der Waals surface area (Å²) in [4.78, 5) is 28.1. The Kier molecular flexibility index (Phi) is 4.91. The lowest BCUT2D eigenvalue weighted by Crippen LogP contribution is -2.34. The van der Waals surface area contributed by atoms with Gasteiger partial charge >= 0.3 is 6.03 Å². The van der Waals surface area contributed by atoms with Gasteiger partial charge in [0.05, 0.1) is 6.54 Å². The number of likely N-dealkylation sites (tertiary alicyclic amines) is 1. The van der Waals surface area contributed by atoms with E-state index in [2.05, 4.69) is 23.6 Å². The SMILES string of the molecule is CCc1cccc(NC(=O)N2CCC3(CC3C(=O)NCc3cccs3)C2)c1. The molecule has 0 radical (unpaired) electrons. The largest absolute Gasteiger partial charge is 0.351 e. The molecule has 6 heteroatoms. The van der Waals surface area contributed by atoms with Crippen LogP contribution < -0.4 is 10.6 Å². The first-order valence-corrected chi connectivity index (χ1v) is 10.4. The molecule has 1 aromatic carbocycles. The molecule has 2 atom stereocenters. The molecule has 2 unspecified atom stereocenters. The van der Waals surface area contributed by atoms with Crippen LogP contribution in [0.15, 0.2) is 41.8 Å². The zero-order valence-corrected chi connectivity index (χ0v) is 16.3. The molecule has 4 rings (SSSR count). The zero-order chi connectivity index (χ0) is 18.9. The number of carbonyl (C=O) groups is 2. The highest BCUT2D eigenvalue weighted by molar-refractivity contribution is 7.09. The van der Waals surface area contributed by atoms with E-state index in [1.54, 1.807) is 11.3 Å². The van der Waals surface area contributed by atoms with Gasteiger partial charge in [-0.1, -0.05) is 25.1 Å². The van der Waals surface area contributed by atoms with E-state index in [9.17, 15) is 9.59 Å². The molecule has 0 bridgehead atoms. The van der Waals surface area contributed by atoms with Crippen molar-refractivity contribution in [2.75, 3.05) is 18.4 Å². The minimum atomic E-state index is -0.0650. The first-order chi connectivity index (χ1) is 13.1. The minimum absolute atomic E-state index is 0.0118. The third-order valence-electron chi connectivity index (χ3n) is 5.78. The van der Waals surface area contributed by atoms with Gasteiger partial charge in [-0.3, -0.25) is 4.79 Å². The van der Waals surface area contributed by atoms with Gasteiger partial charge in [-0.25, -0.2) is 4.79 Å². The summed E-state index contributed by atoms with van der Waals surface area (Å²) >= 11 is 1.65. The van der Waals surface area contributed by atoms with Gasteiger partial charge in [0.1, 0.15) is 0 Å². The average Bonchev–Trinajstić information content (AvgIpc) is 3.02. The van der Waals surface area contributed by atoms with E-state index in [-0.39, 0.29) is 23.3 Å². The van der Waals surface area contributed by atoms with E-state index >= 15 is 0 Å². The molecule has 1 saturated heterocycles. The highest BCUT2D eigenvalue weighted by Gasteiger charge is 2.61. The van der Waals surface area contributed by atoms with Gasteiger partial charge in [-0.15, -0.1) is 11.3 Å². The Labute approximate surface area is 163 Å². The predicted molar refractivity (Wildman–Crippen MR) is 108 cm³/mol. The van der Waals surface area contributed by atoms with Crippen molar-refractivity contribution >= 4 is 29.0 Å². The molecule has 2 aromatic rings. The monoisotopic (exact) mass is 383 g/mol. The van der Waals surface area contributed by atoms with Crippen molar-refractivity contribution in [2.45, 2.75) is 32.7 Å². The second-order valence-electron chi connectivity index (χ2n) is 7.57. The number of amides is 3. The number of nitrogens with one attached hydrogen (secondary N) is 2. The van der Waals surface area contributed by atoms with E-state index < -0.39 is 0 Å². The zero-order valence-electron chi connectivity index (χ0n) is 15.5. The summed E-state index contributed by atoms with van der Waals surface area (Å²) in [5.41, 5.74) is 2.03. The van der Waals surface area contributed by atoms with Crippen LogP contribution in [0.3, 0.4) is 0 Å². The first-order valence-electron chi connectivity index (χ1n) is 9.54. The maximum absolute atomic E-state index is 12.6. The summed E-state index contributed by atoms with van der Waals surface area (Å²) in [6, 6.07) is 11.9. The van der Waals surface area contributed by atoms with Gasteiger partial charge < -0.3 is 15.5 Å². The molecular weight excluding hydrogens is 358 g/mol. The van der Waals surface area contributed by atoms with Crippen molar-refractivity contribution in [2.24, 2.45) is 11.3 Å². The van der Waals surface area contributed by atoms with Crippen LogP contribution in [0.1, 0.15) is 30.2 Å². The topological polar surface area (TPSA) is 61.4 Å². The number of rotatable bonds is 5. The fourth-order valence-electron chi connectivity index (χ4n) is 4.02. The molecule has 1 aliphatic heterocycles. The molecule has 2 N–H and O–H groups in total. The summed E-state index contributed by atoms with van der Waals surface area (Å²) in [6.45, 7) is 4.08. The number of benzene rings is 1. The maximum atomic E-state index is 12.6. The molecule has 1 aromatic heterocycles. The quantitative estimate of drug-likeness (QED) is 0.823. The fraction of sp³-hybridized carbons (Fsp3) is 0.429. The van der Waals surface area contributed by atoms with Crippen LogP contribution >= 0.6 is 11.3 Å². The van der Waals surface area contributed by atoms with Crippen LogP contribution in [0.5, 0.6) is 0 Å². The number of aryl methyl sites for hydroxylation is 1. The summed E-state index contributed by atoms with van der Waals surface area (Å²) in [6.07, 6.45) is 2.74. The predicted octanol–water partition coefficient (Wildman–Crippen LogP) is 3.87. The first kappa shape index (κ1) is 18.0. The number of hydrogen-bond donors (Lipinski definition) is 2. The molecule has 2 heterocycles. The maximum Gasteiger partial charge on any atom is 0.321 e. The van der Waals surface area contributed by atoms with Crippen molar-refractivity contribution in [1.82, 2.24) is 10.2 Å². The Bertz CT molecular complexity index is 836. The van der Waals surface area contributed by atoms with Gasteiger partial charge in [-0.2, -0.15) is 0 Å². The van der Waals surface area contributed by atoms with Crippen molar-refractivity contribution in [3.8, 4) is 0 Å². The van der Waals surface area contributed by atoms with Crippen LogP contribution in [-0.2, 0) is 17.8 Å². The van der Waals surface area contributed by atoms with E-state index in [0.717, 1.165) is 24.9 Å². The minimum Gasteiger partial charge on any atom is -0.351 e. The average molecular weight is 384 g/mol. The van der Waals surface area contributed by atoms with Crippen LogP contribution in [0.25, 0.3) is 0 Å². The Morgan fingerprint density at radius 2 is 2.19 bits per heavy atom. The number of anilines is 1. The number of nitrogens with zero attached hydrogens (tertiary/aromatic N) is 1. The molecule has 142 valence electrons. The third-order valence-corrected chi connectivity index (χ3v) is 6.66. The number of urea groups is 1. The highest BCUT2D eigenvalue weighted by atomic mass is 32.1. The molecule has 1 spiro atoms. The lowest BCUT2D eigenvalue weighted by molar-refractivity contribution is -0.123. The van der Waals surface area contributed by atoms with Gasteiger partial charge in [-0.05, 0) is 48.4 Å². The van der Waals surface area contributed by atoms with Crippen LogP contribution in [0, 0.1) is 11.3 Å². The molecule has 5 nitrogen and oxygen atoms in total. The summed E-state index contributed by atoms with van der Waals surface area (Å²) < 4.78 is 0. The van der Waals surface area contributed by atoms with Crippen molar-refractivity contribution in [3.63, 3.8) is 0 Å². The Balaban J connectivity index is 1.29. The van der Waals surface area contributed by atoms with Gasteiger partial charge in [0.25, 0.3) is 0 Å².